The van der Waals surface area contributed by atoms with Gasteiger partial charge in [0.2, 0.25) is 5.91 Å². The fraction of sp³-hybridized carbons (Fsp3) is 0.263. The first-order valence-corrected chi connectivity index (χ1v) is 8.68. The van der Waals surface area contributed by atoms with Crippen LogP contribution in [0.25, 0.3) is 11.0 Å². The van der Waals surface area contributed by atoms with Gasteiger partial charge >= 0.3 is 5.69 Å². The number of nitrogens with zero attached hydrogens (tertiary/aromatic N) is 3. The molecule has 10 heteroatoms. The van der Waals surface area contributed by atoms with E-state index >= 15 is 0 Å². The third kappa shape index (κ3) is 3.60. The lowest BCUT2D eigenvalue weighted by Gasteiger charge is -2.14. The van der Waals surface area contributed by atoms with E-state index in [2.05, 4.69) is 10.3 Å². The van der Waals surface area contributed by atoms with Crippen LogP contribution in [-0.2, 0) is 24.8 Å². The van der Waals surface area contributed by atoms with E-state index < -0.39 is 35.3 Å². The lowest BCUT2D eigenvalue weighted by Crippen LogP contribution is -2.42. The third-order valence-electron chi connectivity index (χ3n) is 4.47. The molecule has 2 aromatic heterocycles. The SMILES string of the molecule is CCc1cnc2c(c1OC)c(=O)n(CC(=O)Nc1ccc(F)cc1F)c(=O)n2C. The highest BCUT2D eigenvalue weighted by molar-refractivity contribution is 5.91. The second kappa shape index (κ2) is 7.82. The summed E-state index contributed by atoms with van der Waals surface area (Å²) in [5, 5.41) is 2.29. The van der Waals surface area contributed by atoms with Gasteiger partial charge in [0.1, 0.15) is 29.3 Å². The van der Waals surface area contributed by atoms with Gasteiger partial charge in [0.25, 0.3) is 5.56 Å². The Hall–Kier alpha value is -3.56. The zero-order chi connectivity index (χ0) is 21.3. The molecule has 1 amide bonds. The number of halogens is 2. The van der Waals surface area contributed by atoms with Crippen LogP contribution in [-0.4, -0.2) is 27.1 Å². The van der Waals surface area contributed by atoms with Crippen molar-refractivity contribution in [2.45, 2.75) is 19.9 Å². The number of aromatic nitrogens is 3. The molecule has 0 unspecified atom stereocenters. The van der Waals surface area contributed by atoms with Crippen molar-refractivity contribution in [1.82, 2.24) is 14.1 Å². The molecule has 152 valence electrons. The van der Waals surface area contributed by atoms with Gasteiger partial charge in [-0.2, -0.15) is 0 Å². The molecule has 0 bridgehead atoms. The van der Waals surface area contributed by atoms with Crippen LogP contribution in [0.3, 0.4) is 0 Å². The molecule has 0 atom stereocenters. The molecule has 0 saturated carbocycles. The van der Waals surface area contributed by atoms with E-state index in [0.717, 1.165) is 16.7 Å². The van der Waals surface area contributed by atoms with Crippen LogP contribution < -0.4 is 21.3 Å². The van der Waals surface area contributed by atoms with Gasteiger partial charge in [-0.15, -0.1) is 0 Å². The molecule has 0 saturated heterocycles. The van der Waals surface area contributed by atoms with Crippen LogP contribution in [0, 0.1) is 11.6 Å². The minimum absolute atomic E-state index is 0.0645. The molecule has 1 N–H and O–H groups in total. The number of hydrogen-bond donors (Lipinski definition) is 1. The maximum atomic E-state index is 13.7. The number of benzene rings is 1. The van der Waals surface area contributed by atoms with Crippen molar-refractivity contribution < 1.29 is 18.3 Å². The number of hydrogen-bond acceptors (Lipinski definition) is 5. The molecular formula is C19H18F2N4O4. The molecule has 3 aromatic rings. The van der Waals surface area contributed by atoms with Gasteiger partial charge in [0, 0.05) is 24.9 Å². The van der Waals surface area contributed by atoms with Gasteiger partial charge < -0.3 is 10.1 Å². The highest BCUT2D eigenvalue weighted by atomic mass is 19.1. The van der Waals surface area contributed by atoms with E-state index in [-0.39, 0.29) is 22.5 Å². The van der Waals surface area contributed by atoms with Crippen LogP contribution in [0.2, 0.25) is 0 Å². The summed E-state index contributed by atoms with van der Waals surface area (Å²) in [5.74, 6) is -2.33. The minimum Gasteiger partial charge on any atom is -0.495 e. The van der Waals surface area contributed by atoms with Crippen molar-refractivity contribution in [2.75, 3.05) is 12.4 Å². The molecule has 2 heterocycles. The fourth-order valence-corrected chi connectivity index (χ4v) is 3.01. The topological polar surface area (TPSA) is 95.2 Å². The van der Waals surface area contributed by atoms with Gasteiger partial charge in [-0.1, -0.05) is 6.92 Å². The van der Waals surface area contributed by atoms with Gasteiger partial charge in [-0.3, -0.25) is 14.2 Å². The van der Waals surface area contributed by atoms with Crippen molar-refractivity contribution in [1.29, 1.82) is 0 Å². The van der Waals surface area contributed by atoms with E-state index in [9.17, 15) is 23.2 Å². The number of carbonyl (C=O) groups excluding carboxylic acids is 1. The molecule has 0 aliphatic carbocycles. The average molecular weight is 404 g/mol. The first-order chi connectivity index (χ1) is 13.8. The summed E-state index contributed by atoms with van der Waals surface area (Å²) < 4.78 is 33.9. The number of rotatable bonds is 5. The molecule has 0 fully saturated rings. The second-order valence-electron chi connectivity index (χ2n) is 6.27. The lowest BCUT2D eigenvalue weighted by atomic mass is 10.1. The molecule has 3 rings (SSSR count). The van der Waals surface area contributed by atoms with Gasteiger partial charge in [-0.25, -0.2) is 23.1 Å². The summed E-state index contributed by atoms with van der Waals surface area (Å²) in [5.41, 5.74) is -1.00. The number of methoxy groups -OCH3 is 1. The average Bonchev–Trinajstić information content (AvgIpc) is 2.70. The normalized spacial score (nSPS) is 10.9. The highest BCUT2D eigenvalue weighted by Crippen LogP contribution is 2.25. The van der Waals surface area contributed by atoms with Crippen LogP contribution in [0.4, 0.5) is 14.5 Å². The number of fused-ring (bicyclic) bond motifs is 1. The molecule has 0 aliphatic rings. The lowest BCUT2D eigenvalue weighted by molar-refractivity contribution is -0.116. The molecule has 0 spiro atoms. The number of amides is 1. The van der Waals surface area contributed by atoms with E-state index in [1.54, 1.807) is 0 Å². The van der Waals surface area contributed by atoms with Gasteiger partial charge in [-0.05, 0) is 18.6 Å². The van der Waals surface area contributed by atoms with Crippen LogP contribution >= 0.6 is 0 Å². The number of nitrogens with one attached hydrogen (secondary N) is 1. The summed E-state index contributed by atoms with van der Waals surface area (Å²) in [4.78, 5) is 42.1. The fourth-order valence-electron chi connectivity index (χ4n) is 3.01. The Morgan fingerprint density at radius 2 is 2.00 bits per heavy atom. The van der Waals surface area contributed by atoms with E-state index in [0.29, 0.717) is 22.6 Å². The maximum absolute atomic E-state index is 13.7. The summed E-state index contributed by atoms with van der Waals surface area (Å²) in [6, 6.07) is 2.63. The van der Waals surface area contributed by atoms with Crippen molar-refractivity contribution in [3.05, 3.63) is 62.4 Å². The highest BCUT2D eigenvalue weighted by Gasteiger charge is 2.20. The van der Waals surface area contributed by atoms with Crippen LogP contribution in [0.5, 0.6) is 5.75 Å². The molecular weight excluding hydrogens is 386 g/mol. The smallest absolute Gasteiger partial charge is 0.332 e. The van der Waals surface area contributed by atoms with E-state index in [1.165, 1.54) is 20.4 Å². The molecule has 29 heavy (non-hydrogen) atoms. The number of ether oxygens (including phenoxy) is 1. The first-order valence-electron chi connectivity index (χ1n) is 8.68. The Labute approximate surface area is 163 Å². The van der Waals surface area contributed by atoms with Crippen molar-refractivity contribution in [3.63, 3.8) is 0 Å². The van der Waals surface area contributed by atoms with Crippen LogP contribution in [0.1, 0.15) is 12.5 Å². The third-order valence-corrected chi connectivity index (χ3v) is 4.47. The molecule has 0 aliphatic heterocycles. The Morgan fingerprint density at radius 1 is 1.28 bits per heavy atom. The summed E-state index contributed by atoms with van der Waals surface area (Å²) in [6.07, 6.45) is 2.06. The Balaban J connectivity index is 2.08. The van der Waals surface area contributed by atoms with E-state index in [1.807, 2.05) is 6.92 Å². The zero-order valence-corrected chi connectivity index (χ0v) is 16.0. The predicted molar refractivity (Wildman–Crippen MR) is 102 cm³/mol. The predicted octanol–water partition coefficient (Wildman–Crippen LogP) is 1.58. The second-order valence-corrected chi connectivity index (χ2v) is 6.27. The quantitative estimate of drug-likeness (QED) is 0.697. The van der Waals surface area contributed by atoms with Crippen molar-refractivity contribution in [2.24, 2.45) is 7.05 Å². The number of anilines is 1. The first kappa shape index (κ1) is 20.2. The van der Waals surface area contributed by atoms with E-state index in [4.69, 9.17) is 4.74 Å². The Kier molecular flexibility index (Phi) is 5.44. The molecule has 1 aromatic carbocycles. The van der Waals surface area contributed by atoms with Gasteiger partial charge in [0.05, 0.1) is 12.8 Å². The standard InChI is InChI=1S/C19H18F2N4O4/c1-4-10-8-22-17-15(16(10)29-3)18(27)25(19(28)24(17)2)9-14(26)23-13-6-5-11(20)7-12(13)21/h5-8H,4,9H2,1-3H3,(H,23,26). The molecule has 8 nitrogen and oxygen atoms in total. The number of carbonyl (C=O) groups is 1. The Bertz CT molecular complexity index is 1230. The molecule has 0 radical (unpaired) electrons. The van der Waals surface area contributed by atoms with Crippen LogP contribution in [0.15, 0.2) is 34.0 Å². The summed E-state index contributed by atoms with van der Waals surface area (Å²) in [6.45, 7) is 1.19. The summed E-state index contributed by atoms with van der Waals surface area (Å²) >= 11 is 0. The maximum Gasteiger partial charge on any atom is 0.332 e. The monoisotopic (exact) mass is 404 g/mol. The Morgan fingerprint density at radius 3 is 2.62 bits per heavy atom. The van der Waals surface area contributed by atoms with Crippen molar-refractivity contribution >= 4 is 22.6 Å². The number of pyridine rings is 1. The summed E-state index contributed by atoms with van der Waals surface area (Å²) in [7, 11) is 2.81. The zero-order valence-electron chi connectivity index (χ0n) is 16.0. The van der Waals surface area contributed by atoms with Crippen molar-refractivity contribution in [3.8, 4) is 5.75 Å². The largest absolute Gasteiger partial charge is 0.495 e. The van der Waals surface area contributed by atoms with Gasteiger partial charge in [0.15, 0.2) is 5.65 Å². The number of aryl methyl sites for hydroxylation is 2. The minimum atomic E-state index is -0.976.